The third-order valence-electron chi connectivity index (χ3n) is 3.40. The summed E-state index contributed by atoms with van der Waals surface area (Å²) in [4.78, 5) is 4.67. The molecule has 126 valence electrons. The molecule has 1 aromatic heterocycles. The Bertz CT molecular complexity index is 722. The van der Waals surface area contributed by atoms with Gasteiger partial charge in [-0.25, -0.2) is 18.1 Å². The molecule has 0 atom stereocenters. The van der Waals surface area contributed by atoms with Crippen LogP contribution in [0, 0.1) is 0 Å². The molecule has 0 radical (unpaired) electrons. The molecule has 1 aromatic carbocycles. The summed E-state index contributed by atoms with van der Waals surface area (Å²) in [5.74, 6) is 0.380. The van der Waals surface area contributed by atoms with E-state index in [4.69, 9.17) is 4.74 Å². The Morgan fingerprint density at radius 2 is 1.96 bits per heavy atom. The number of sulfonamides is 1. The van der Waals surface area contributed by atoms with Crippen molar-refractivity contribution >= 4 is 21.4 Å². The maximum atomic E-state index is 12.3. The van der Waals surface area contributed by atoms with Crippen molar-refractivity contribution in [2.45, 2.75) is 37.7 Å². The standard InChI is InChI=1S/C16H22N2O3S2/c1-12(2)13-4-6-15(7-5-13)23(19,20)17-9-8-14-11-22-16(18-14)10-21-3/h4-7,11-12,17H,8-10H2,1-3H3. The lowest BCUT2D eigenvalue weighted by molar-refractivity contribution is 0.184. The first-order chi connectivity index (χ1) is 10.9. The van der Waals surface area contributed by atoms with Crippen LogP contribution in [0.4, 0.5) is 0 Å². The second-order valence-corrected chi connectivity index (χ2v) is 8.25. The quantitative estimate of drug-likeness (QED) is 0.791. The molecule has 7 heteroatoms. The van der Waals surface area contributed by atoms with E-state index in [1.54, 1.807) is 19.2 Å². The minimum Gasteiger partial charge on any atom is -0.378 e. The van der Waals surface area contributed by atoms with Gasteiger partial charge in [-0.05, 0) is 23.6 Å². The highest BCUT2D eigenvalue weighted by molar-refractivity contribution is 7.89. The molecule has 0 aliphatic carbocycles. The molecular weight excluding hydrogens is 332 g/mol. The van der Waals surface area contributed by atoms with Crippen molar-refractivity contribution in [3.63, 3.8) is 0 Å². The fourth-order valence-corrected chi connectivity index (χ4v) is 3.91. The van der Waals surface area contributed by atoms with Gasteiger partial charge in [0.15, 0.2) is 0 Å². The molecule has 0 saturated heterocycles. The van der Waals surface area contributed by atoms with Crippen LogP contribution in [-0.2, 0) is 27.8 Å². The summed E-state index contributed by atoms with van der Waals surface area (Å²) in [6.45, 7) is 4.96. The third-order valence-corrected chi connectivity index (χ3v) is 5.75. The van der Waals surface area contributed by atoms with E-state index < -0.39 is 10.0 Å². The Balaban J connectivity index is 1.92. The largest absolute Gasteiger partial charge is 0.378 e. The number of benzene rings is 1. The van der Waals surface area contributed by atoms with Crippen molar-refractivity contribution in [3.05, 3.63) is 45.9 Å². The maximum absolute atomic E-state index is 12.3. The summed E-state index contributed by atoms with van der Waals surface area (Å²) in [5.41, 5.74) is 2.00. The van der Waals surface area contributed by atoms with Crippen molar-refractivity contribution in [1.82, 2.24) is 9.71 Å². The van der Waals surface area contributed by atoms with Crippen LogP contribution in [0.2, 0.25) is 0 Å². The number of hydrogen-bond acceptors (Lipinski definition) is 5. The summed E-state index contributed by atoms with van der Waals surface area (Å²) in [6.07, 6.45) is 0.559. The minimum absolute atomic E-state index is 0.292. The first kappa shape index (κ1) is 18.1. The molecule has 23 heavy (non-hydrogen) atoms. The van der Waals surface area contributed by atoms with E-state index >= 15 is 0 Å². The minimum atomic E-state index is -3.48. The van der Waals surface area contributed by atoms with Gasteiger partial charge in [0.2, 0.25) is 10.0 Å². The van der Waals surface area contributed by atoms with Crippen molar-refractivity contribution in [2.75, 3.05) is 13.7 Å². The molecule has 2 aromatic rings. The van der Waals surface area contributed by atoms with Crippen LogP contribution in [0.25, 0.3) is 0 Å². The summed E-state index contributed by atoms with van der Waals surface area (Å²) >= 11 is 1.52. The monoisotopic (exact) mass is 354 g/mol. The van der Waals surface area contributed by atoms with Gasteiger partial charge in [-0.3, -0.25) is 0 Å². The number of thiazole rings is 1. The molecule has 0 amide bonds. The van der Waals surface area contributed by atoms with Crippen molar-refractivity contribution < 1.29 is 13.2 Å². The molecule has 0 spiro atoms. The van der Waals surface area contributed by atoms with Gasteiger partial charge in [-0.15, -0.1) is 11.3 Å². The van der Waals surface area contributed by atoms with Gasteiger partial charge in [0, 0.05) is 25.5 Å². The number of ether oxygens (including phenoxy) is 1. The molecule has 5 nitrogen and oxygen atoms in total. The third kappa shape index (κ3) is 5.10. The van der Waals surface area contributed by atoms with E-state index in [9.17, 15) is 8.42 Å². The van der Waals surface area contributed by atoms with Crippen LogP contribution in [0.3, 0.4) is 0 Å². The molecule has 0 bridgehead atoms. The SMILES string of the molecule is COCc1nc(CCNS(=O)(=O)c2ccc(C(C)C)cc2)cs1. The zero-order valence-corrected chi connectivity index (χ0v) is 15.2. The summed E-state index contributed by atoms with van der Waals surface area (Å²) < 4.78 is 32.2. The van der Waals surface area contributed by atoms with Crippen LogP contribution in [0.5, 0.6) is 0 Å². The Morgan fingerprint density at radius 1 is 1.26 bits per heavy atom. The molecule has 1 N–H and O–H groups in total. The Labute approximate surface area is 141 Å². The van der Waals surface area contributed by atoms with Crippen LogP contribution in [-0.4, -0.2) is 27.1 Å². The Kier molecular flexibility index (Phi) is 6.29. The lowest BCUT2D eigenvalue weighted by Crippen LogP contribution is -2.26. The van der Waals surface area contributed by atoms with Gasteiger partial charge >= 0.3 is 0 Å². The normalized spacial score (nSPS) is 12.0. The number of nitrogens with zero attached hydrogens (tertiary/aromatic N) is 1. The molecule has 2 rings (SSSR count). The Morgan fingerprint density at radius 3 is 2.57 bits per heavy atom. The summed E-state index contributed by atoms with van der Waals surface area (Å²) in [6, 6.07) is 7.02. The number of methoxy groups -OCH3 is 1. The number of nitrogens with one attached hydrogen (secondary N) is 1. The lowest BCUT2D eigenvalue weighted by Gasteiger charge is -2.08. The predicted octanol–water partition coefficient (Wildman–Crippen LogP) is 2.93. The fourth-order valence-electron chi connectivity index (χ4n) is 2.08. The van der Waals surface area contributed by atoms with E-state index in [1.165, 1.54) is 11.3 Å². The average Bonchev–Trinajstić information content (AvgIpc) is 2.95. The first-order valence-electron chi connectivity index (χ1n) is 7.44. The van der Waals surface area contributed by atoms with Crippen LogP contribution in [0.1, 0.15) is 36.0 Å². The average molecular weight is 354 g/mol. The number of hydrogen-bond donors (Lipinski definition) is 1. The molecule has 0 fully saturated rings. The Hall–Kier alpha value is -1.28. The number of rotatable bonds is 8. The molecule has 0 unspecified atom stereocenters. The first-order valence-corrected chi connectivity index (χ1v) is 9.80. The van der Waals surface area contributed by atoms with Gasteiger partial charge < -0.3 is 4.74 Å². The zero-order chi connectivity index (χ0) is 16.9. The van der Waals surface area contributed by atoms with E-state index in [0.29, 0.717) is 30.4 Å². The second-order valence-electron chi connectivity index (χ2n) is 5.54. The number of aromatic nitrogens is 1. The highest BCUT2D eigenvalue weighted by Gasteiger charge is 2.14. The topological polar surface area (TPSA) is 68.3 Å². The molecule has 0 saturated carbocycles. The highest BCUT2D eigenvalue weighted by atomic mass is 32.2. The van der Waals surface area contributed by atoms with Gasteiger partial charge in [-0.2, -0.15) is 0 Å². The smallest absolute Gasteiger partial charge is 0.240 e. The fraction of sp³-hybridized carbons (Fsp3) is 0.438. The van der Waals surface area contributed by atoms with Crippen molar-refractivity contribution in [3.8, 4) is 0 Å². The molecule has 1 heterocycles. The second kappa shape index (κ2) is 8.01. The van der Waals surface area contributed by atoms with E-state index in [-0.39, 0.29) is 0 Å². The van der Waals surface area contributed by atoms with Crippen LogP contribution < -0.4 is 4.72 Å². The summed E-state index contributed by atoms with van der Waals surface area (Å²) in [7, 11) is -1.85. The predicted molar refractivity (Wildman–Crippen MR) is 92.3 cm³/mol. The van der Waals surface area contributed by atoms with Gasteiger partial charge in [0.05, 0.1) is 17.2 Å². The van der Waals surface area contributed by atoms with Crippen LogP contribution >= 0.6 is 11.3 Å². The molecule has 0 aliphatic rings. The van der Waals surface area contributed by atoms with E-state index in [1.807, 2.05) is 17.5 Å². The van der Waals surface area contributed by atoms with Crippen molar-refractivity contribution in [1.29, 1.82) is 0 Å². The van der Waals surface area contributed by atoms with Gasteiger partial charge in [0.1, 0.15) is 5.01 Å². The maximum Gasteiger partial charge on any atom is 0.240 e. The zero-order valence-electron chi connectivity index (χ0n) is 13.6. The molecular formula is C16H22N2O3S2. The molecule has 0 aliphatic heterocycles. The lowest BCUT2D eigenvalue weighted by atomic mass is 10.0. The van der Waals surface area contributed by atoms with E-state index in [0.717, 1.165) is 16.3 Å². The van der Waals surface area contributed by atoms with E-state index in [2.05, 4.69) is 23.6 Å². The van der Waals surface area contributed by atoms with Gasteiger partial charge in [-0.1, -0.05) is 26.0 Å². The van der Waals surface area contributed by atoms with Crippen molar-refractivity contribution in [2.24, 2.45) is 0 Å². The van der Waals surface area contributed by atoms with Gasteiger partial charge in [0.25, 0.3) is 0 Å². The summed E-state index contributed by atoms with van der Waals surface area (Å²) in [5, 5.41) is 2.83. The highest BCUT2D eigenvalue weighted by Crippen LogP contribution is 2.17. The van der Waals surface area contributed by atoms with Crippen LogP contribution in [0.15, 0.2) is 34.5 Å².